The summed E-state index contributed by atoms with van der Waals surface area (Å²) in [7, 11) is 0. The lowest BCUT2D eigenvalue weighted by Crippen LogP contribution is -2.30. The molecular formula is C59H100O5. The number of ether oxygens (including phenoxy) is 3. The predicted molar refractivity (Wildman–Crippen MR) is 279 cm³/mol. The van der Waals surface area contributed by atoms with Crippen LogP contribution in [0.1, 0.15) is 239 Å². The molecule has 0 saturated carbocycles. The molecule has 0 heterocycles. The van der Waals surface area contributed by atoms with E-state index >= 15 is 0 Å². The quantitative estimate of drug-likeness (QED) is 0.0346. The van der Waals surface area contributed by atoms with Crippen LogP contribution in [0.3, 0.4) is 0 Å². The monoisotopic (exact) mass is 889 g/mol. The van der Waals surface area contributed by atoms with E-state index in [1.807, 2.05) is 6.08 Å². The number of hydrogen-bond donors (Lipinski definition) is 0. The van der Waals surface area contributed by atoms with Crippen molar-refractivity contribution in [2.75, 3.05) is 19.8 Å². The summed E-state index contributed by atoms with van der Waals surface area (Å²) in [5, 5.41) is 0. The van der Waals surface area contributed by atoms with Crippen LogP contribution in [0.5, 0.6) is 0 Å². The van der Waals surface area contributed by atoms with E-state index < -0.39 is 6.10 Å². The largest absolute Gasteiger partial charge is 0.462 e. The summed E-state index contributed by atoms with van der Waals surface area (Å²) in [5.74, 6) is -0.508. The van der Waals surface area contributed by atoms with Gasteiger partial charge in [-0.05, 0) is 109 Å². The topological polar surface area (TPSA) is 61.8 Å². The molecule has 1 atom stereocenters. The Morgan fingerprint density at radius 3 is 1.23 bits per heavy atom. The maximum atomic E-state index is 12.8. The normalized spacial score (nSPS) is 13.0. The third-order valence-electron chi connectivity index (χ3n) is 11.1. The van der Waals surface area contributed by atoms with Gasteiger partial charge in [-0.3, -0.25) is 9.59 Å². The highest BCUT2D eigenvalue weighted by atomic mass is 16.6. The second-order valence-electron chi connectivity index (χ2n) is 17.4. The highest BCUT2D eigenvalue weighted by Crippen LogP contribution is 2.13. The summed E-state index contributed by atoms with van der Waals surface area (Å²) >= 11 is 0. The van der Waals surface area contributed by atoms with E-state index in [2.05, 4.69) is 112 Å². The van der Waals surface area contributed by atoms with Gasteiger partial charge >= 0.3 is 11.9 Å². The van der Waals surface area contributed by atoms with Gasteiger partial charge in [-0.1, -0.05) is 214 Å². The Labute approximate surface area is 396 Å². The predicted octanol–water partition coefficient (Wildman–Crippen LogP) is 18.2. The summed E-state index contributed by atoms with van der Waals surface area (Å²) < 4.78 is 17.3. The Kier molecular flexibility index (Phi) is 51.5. The first-order valence-electron chi connectivity index (χ1n) is 26.8. The summed E-state index contributed by atoms with van der Waals surface area (Å²) in [6, 6.07) is 0. The van der Waals surface area contributed by atoms with E-state index in [0.717, 1.165) is 77.0 Å². The van der Waals surface area contributed by atoms with Crippen LogP contribution in [0.25, 0.3) is 0 Å². The minimum atomic E-state index is -0.588. The molecule has 0 aromatic rings. The Hall–Kier alpha value is -3.18. The molecule has 0 saturated heterocycles. The zero-order valence-corrected chi connectivity index (χ0v) is 42.0. The summed E-state index contributed by atoms with van der Waals surface area (Å²) in [5.41, 5.74) is 0. The minimum Gasteiger partial charge on any atom is -0.462 e. The lowest BCUT2D eigenvalue weighted by atomic mass is 10.1. The molecular weight excluding hydrogens is 789 g/mol. The van der Waals surface area contributed by atoms with Crippen LogP contribution in [0.4, 0.5) is 0 Å². The van der Waals surface area contributed by atoms with Gasteiger partial charge in [0.15, 0.2) is 6.10 Å². The molecule has 0 bridgehead atoms. The molecule has 0 aromatic heterocycles. The number of rotatable bonds is 48. The smallest absolute Gasteiger partial charge is 0.306 e. The van der Waals surface area contributed by atoms with Crippen LogP contribution in [0.15, 0.2) is 97.2 Å². The molecule has 5 nitrogen and oxygen atoms in total. The first kappa shape index (κ1) is 60.8. The highest BCUT2D eigenvalue weighted by molar-refractivity contribution is 5.70. The fourth-order valence-electron chi connectivity index (χ4n) is 7.11. The lowest BCUT2D eigenvalue weighted by Gasteiger charge is -2.18. The average Bonchev–Trinajstić information content (AvgIpc) is 3.30. The molecule has 0 fully saturated rings. The molecule has 0 radical (unpaired) electrons. The molecule has 0 aliphatic carbocycles. The van der Waals surface area contributed by atoms with Gasteiger partial charge in [-0.2, -0.15) is 0 Å². The molecule has 0 amide bonds. The van der Waals surface area contributed by atoms with Gasteiger partial charge in [0.1, 0.15) is 6.61 Å². The minimum absolute atomic E-state index is 0.0440. The Balaban J connectivity index is 4.36. The number of carbonyl (C=O) groups excluding carboxylic acids is 2. The molecule has 0 aliphatic heterocycles. The number of unbranched alkanes of at least 4 members (excludes halogenated alkanes) is 21. The standard InChI is InChI=1S/C59H100O5/c1-4-7-10-13-16-19-22-25-27-28-29-30-31-33-36-39-42-45-48-51-54-62-55-57(64-59(61)53-50-47-44-41-38-34-24-21-18-15-12-9-6-3)56-63-58(60)52-49-46-43-40-37-35-32-26-23-20-17-14-11-8-5-2/h9,12,16,18-19,21,25-27,29-30,32,34,38,44,47,57H,4-8,10-11,13-15,17,20,22-24,28,31,33,35-37,39-43,45-46,48-56H2,1-3H3/b12-9-,19-16-,21-18-,27-25-,30-29-,32-26-,38-34-,47-44-. The molecule has 0 spiro atoms. The maximum absolute atomic E-state index is 12.8. The second-order valence-corrected chi connectivity index (χ2v) is 17.4. The number of carbonyl (C=O) groups is 2. The fraction of sp³-hybridized carbons (Fsp3) is 0.695. The molecule has 366 valence electrons. The van der Waals surface area contributed by atoms with E-state index in [1.54, 1.807) is 0 Å². The van der Waals surface area contributed by atoms with Crippen molar-refractivity contribution in [2.24, 2.45) is 0 Å². The number of allylic oxidation sites excluding steroid dienone is 16. The van der Waals surface area contributed by atoms with Crippen LogP contribution in [-0.2, 0) is 23.8 Å². The fourth-order valence-corrected chi connectivity index (χ4v) is 7.11. The number of esters is 2. The van der Waals surface area contributed by atoms with Gasteiger partial charge in [0.05, 0.1) is 6.61 Å². The molecule has 0 rings (SSSR count). The first-order valence-corrected chi connectivity index (χ1v) is 26.8. The lowest BCUT2D eigenvalue weighted by molar-refractivity contribution is -0.162. The van der Waals surface area contributed by atoms with Crippen LogP contribution in [0, 0.1) is 0 Å². The van der Waals surface area contributed by atoms with Crippen molar-refractivity contribution in [2.45, 2.75) is 245 Å². The van der Waals surface area contributed by atoms with Gasteiger partial charge in [0.2, 0.25) is 0 Å². The Morgan fingerprint density at radius 1 is 0.359 bits per heavy atom. The van der Waals surface area contributed by atoms with Crippen molar-refractivity contribution in [3.8, 4) is 0 Å². The molecule has 0 N–H and O–H groups in total. The SMILES string of the molecule is CC/C=C\C/C=C\C/C=C\C/C=C\CCC(=O)OC(COCCCCCCCCC/C=C\C/C=C\C/C=C\CCCCC)COC(=O)CCCCCCC/C=C\CCCCCCCC. The maximum Gasteiger partial charge on any atom is 0.306 e. The first-order chi connectivity index (χ1) is 31.6. The van der Waals surface area contributed by atoms with Gasteiger partial charge < -0.3 is 14.2 Å². The molecule has 0 aliphatic rings. The van der Waals surface area contributed by atoms with E-state index in [9.17, 15) is 9.59 Å². The van der Waals surface area contributed by atoms with E-state index in [-0.39, 0.29) is 25.2 Å². The molecule has 64 heavy (non-hydrogen) atoms. The second kappa shape index (κ2) is 54.2. The van der Waals surface area contributed by atoms with Gasteiger partial charge in [-0.25, -0.2) is 0 Å². The Morgan fingerprint density at radius 2 is 0.734 bits per heavy atom. The molecule has 1 unspecified atom stereocenters. The van der Waals surface area contributed by atoms with Crippen molar-refractivity contribution >= 4 is 11.9 Å². The third-order valence-corrected chi connectivity index (χ3v) is 11.1. The van der Waals surface area contributed by atoms with Gasteiger partial charge in [0.25, 0.3) is 0 Å². The highest BCUT2D eigenvalue weighted by Gasteiger charge is 2.17. The van der Waals surface area contributed by atoms with Crippen molar-refractivity contribution in [3.63, 3.8) is 0 Å². The van der Waals surface area contributed by atoms with Crippen molar-refractivity contribution in [1.29, 1.82) is 0 Å². The zero-order chi connectivity index (χ0) is 46.3. The average molecular weight is 889 g/mol. The van der Waals surface area contributed by atoms with Crippen molar-refractivity contribution < 1.29 is 23.8 Å². The number of hydrogen-bond acceptors (Lipinski definition) is 5. The van der Waals surface area contributed by atoms with E-state index in [0.29, 0.717) is 25.9 Å². The Bertz CT molecular complexity index is 1230. The van der Waals surface area contributed by atoms with E-state index in [4.69, 9.17) is 14.2 Å². The van der Waals surface area contributed by atoms with Crippen molar-refractivity contribution in [3.05, 3.63) is 97.2 Å². The summed E-state index contributed by atoms with van der Waals surface area (Å²) in [4.78, 5) is 25.4. The zero-order valence-electron chi connectivity index (χ0n) is 42.0. The van der Waals surface area contributed by atoms with Gasteiger partial charge in [-0.15, -0.1) is 0 Å². The van der Waals surface area contributed by atoms with Gasteiger partial charge in [0, 0.05) is 19.4 Å². The summed E-state index contributed by atoms with van der Waals surface area (Å²) in [6.45, 7) is 7.57. The van der Waals surface area contributed by atoms with Crippen LogP contribution >= 0.6 is 0 Å². The molecule has 5 heteroatoms. The van der Waals surface area contributed by atoms with Crippen LogP contribution in [0.2, 0.25) is 0 Å². The summed E-state index contributed by atoms with van der Waals surface area (Å²) in [6.07, 6.45) is 72.9. The van der Waals surface area contributed by atoms with E-state index in [1.165, 1.54) is 122 Å². The molecule has 0 aromatic carbocycles. The van der Waals surface area contributed by atoms with Crippen LogP contribution < -0.4 is 0 Å². The van der Waals surface area contributed by atoms with Crippen LogP contribution in [-0.4, -0.2) is 37.9 Å². The third kappa shape index (κ3) is 51.5. The van der Waals surface area contributed by atoms with Crippen molar-refractivity contribution in [1.82, 2.24) is 0 Å².